The Morgan fingerprint density at radius 2 is 1.97 bits per heavy atom. The maximum absolute atomic E-state index is 12.2. The van der Waals surface area contributed by atoms with Gasteiger partial charge in [-0.05, 0) is 83.9 Å². The Kier molecular flexibility index (Phi) is 8.12. The Balaban J connectivity index is 1.51. The van der Waals surface area contributed by atoms with Gasteiger partial charge in [0.05, 0.1) is 24.6 Å². The Labute approximate surface area is 181 Å². The van der Waals surface area contributed by atoms with E-state index in [9.17, 15) is 8.42 Å². The van der Waals surface area contributed by atoms with Crippen LogP contribution in [-0.4, -0.2) is 56.6 Å². The van der Waals surface area contributed by atoms with Gasteiger partial charge in [0.1, 0.15) is 0 Å². The fraction of sp³-hybridized carbons (Fsp3) is 0.773. The summed E-state index contributed by atoms with van der Waals surface area (Å²) in [6, 6.07) is 1.99. The third kappa shape index (κ3) is 5.72. The average Bonchev–Trinajstić information content (AvgIpc) is 3.13. The number of aromatic nitrogens is 1. The molecule has 0 unspecified atom stereocenters. The minimum atomic E-state index is -3.27. The lowest BCUT2D eigenvalue weighted by molar-refractivity contribution is 0.0124. The molecule has 0 bridgehead atoms. The summed E-state index contributed by atoms with van der Waals surface area (Å²) in [5.74, 6) is 1.23. The summed E-state index contributed by atoms with van der Waals surface area (Å²) >= 11 is 0. The second-order valence-electron chi connectivity index (χ2n) is 8.75. The summed E-state index contributed by atoms with van der Waals surface area (Å²) in [7, 11) is -3.27. The molecule has 0 amide bonds. The number of hydrogen-bond acceptors (Lipinski definition) is 6. The Morgan fingerprint density at radius 3 is 2.63 bits per heavy atom. The monoisotopic (exact) mass is 439 g/mol. The van der Waals surface area contributed by atoms with Gasteiger partial charge >= 0.3 is 0 Å². The fourth-order valence-electron chi connectivity index (χ4n) is 4.48. The van der Waals surface area contributed by atoms with Gasteiger partial charge in [0.15, 0.2) is 0 Å². The number of ether oxygens (including phenoxy) is 2. The van der Waals surface area contributed by atoms with Crippen molar-refractivity contribution < 1.29 is 17.9 Å². The van der Waals surface area contributed by atoms with E-state index in [4.69, 9.17) is 9.47 Å². The molecule has 0 aromatic carbocycles. The van der Waals surface area contributed by atoms with E-state index in [0.29, 0.717) is 19.1 Å². The standard InChI is InChI=1S/C22H37N3O4S/c1-5-28-22-21(16(4)10-12-24-22)17-6-8-18(9-7-17)29-14-20-19(11-13-23-20)25-30(26,27)15(2)3/h10,12,15,17-20,23,25H,5-9,11,13-14H2,1-4H3/t17-,18+,19-,20-/m0/s1. The second kappa shape index (κ2) is 10.4. The Morgan fingerprint density at radius 1 is 1.23 bits per heavy atom. The van der Waals surface area contributed by atoms with Crippen LogP contribution < -0.4 is 14.8 Å². The minimum absolute atomic E-state index is 0.0290. The van der Waals surface area contributed by atoms with Crippen molar-refractivity contribution in [1.29, 1.82) is 0 Å². The van der Waals surface area contributed by atoms with Crippen LogP contribution in [0.5, 0.6) is 5.88 Å². The molecule has 0 spiro atoms. The Hall–Kier alpha value is -1.22. The van der Waals surface area contributed by atoms with Crippen molar-refractivity contribution in [1.82, 2.24) is 15.0 Å². The van der Waals surface area contributed by atoms with Gasteiger partial charge in [0.2, 0.25) is 15.9 Å². The van der Waals surface area contributed by atoms with Gasteiger partial charge < -0.3 is 14.8 Å². The van der Waals surface area contributed by atoms with Crippen LogP contribution in [0.1, 0.15) is 69.9 Å². The lowest BCUT2D eigenvalue weighted by atomic mass is 9.81. The first kappa shape index (κ1) is 23.4. The summed E-state index contributed by atoms with van der Waals surface area (Å²) in [6.07, 6.45) is 6.94. The molecule has 30 heavy (non-hydrogen) atoms. The summed E-state index contributed by atoms with van der Waals surface area (Å²) < 4.78 is 39.3. The van der Waals surface area contributed by atoms with Crippen LogP contribution in [0, 0.1) is 6.92 Å². The van der Waals surface area contributed by atoms with Gasteiger partial charge in [0.25, 0.3) is 0 Å². The van der Waals surface area contributed by atoms with Crippen LogP contribution >= 0.6 is 0 Å². The molecule has 2 fully saturated rings. The van der Waals surface area contributed by atoms with Crippen molar-refractivity contribution in [3.05, 3.63) is 23.4 Å². The highest BCUT2D eigenvalue weighted by atomic mass is 32.2. The first-order valence-electron chi connectivity index (χ1n) is 11.3. The zero-order chi connectivity index (χ0) is 21.7. The first-order valence-corrected chi connectivity index (χ1v) is 12.8. The minimum Gasteiger partial charge on any atom is -0.478 e. The quantitative estimate of drug-likeness (QED) is 0.615. The normalized spacial score (nSPS) is 27.5. The van der Waals surface area contributed by atoms with E-state index in [1.54, 1.807) is 13.8 Å². The van der Waals surface area contributed by atoms with Gasteiger partial charge in [0, 0.05) is 23.8 Å². The van der Waals surface area contributed by atoms with Crippen LogP contribution in [0.2, 0.25) is 0 Å². The summed E-state index contributed by atoms with van der Waals surface area (Å²) in [6.45, 7) is 9.50. The van der Waals surface area contributed by atoms with E-state index in [1.807, 2.05) is 13.1 Å². The molecule has 1 aliphatic heterocycles. The molecule has 2 aliphatic rings. The SMILES string of the molecule is CCOc1nccc(C)c1[C@H]1CC[C@@H](OC[C@@H]2NCC[C@@H]2NS(=O)(=O)C(C)C)CC1. The molecular formula is C22H37N3O4S. The highest BCUT2D eigenvalue weighted by Gasteiger charge is 2.33. The maximum Gasteiger partial charge on any atom is 0.217 e. The smallest absolute Gasteiger partial charge is 0.217 e. The van der Waals surface area contributed by atoms with E-state index in [-0.39, 0.29) is 18.2 Å². The van der Waals surface area contributed by atoms with Gasteiger partial charge in [-0.3, -0.25) is 0 Å². The number of pyridine rings is 1. The fourth-order valence-corrected chi connectivity index (χ4v) is 5.46. The van der Waals surface area contributed by atoms with E-state index in [2.05, 4.69) is 28.0 Å². The van der Waals surface area contributed by atoms with Crippen LogP contribution in [0.15, 0.2) is 12.3 Å². The zero-order valence-electron chi connectivity index (χ0n) is 18.7. The third-order valence-corrected chi connectivity index (χ3v) is 8.20. The lowest BCUT2D eigenvalue weighted by Crippen LogP contribution is -2.48. The summed E-state index contributed by atoms with van der Waals surface area (Å²) in [4.78, 5) is 4.44. The second-order valence-corrected chi connectivity index (χ2v) is 11.0. The van der Waals surface area contributed by atoms with Crippen molar-refractivity contribution in [2.24, 2.45) is 0 Å². The number of nitrogens with zero attached hydrogens (tertiary/aromatic N) is 1. The largest absolute Gasteiger partial charge is 0.478 e. The van der Waals surface area contributed by atoms with Gasteiger partial charge in [-0.25, -0.2) is 18.1 Å². The van der Waals surface area contributed by atoms with Crippen molar-refractivity contribution >= 4 is 10.0 Å². The molecule has 1 aliphatic carbocycles. The number of rotatable bonds is 9. The van der Waals surface area contributed by atoms with Crippen molar-refractivity contribution in [3.63, 3.8) is 0 Å². The maximum atomic E-state index is 12.2. The van der Waals surface area contributed by atoms with Gasteiger partial charge in [-0.15, -0.1) is 0 Å². The molecule has 1 aromatic rings. The number of aryl methyl sites for hydroxylation is 1. The van der Waals surface area contributed by atoms with Crippen LogP contribution in [-0.2, 0) is 14.8 Å². The molecule has 1 saturated carbocycles. The van der Waals surface area contributed by atoms with Crippen LogP contribution in [0.3, 0.4) is 0 Å². The molecule has 2 heterocycles. The van der Waals surface area contributed by atoms with Crippen molar-refractivity contribution in [3.8, 4) is 5.88 Å². The molecule has 0 radical (unpaired) electrons. The number of hydrogen-bond donors (Lipinski definition) is 2. The molecule has 8 heteroatoms. The molecule has 2 N–H and O–H groups in total. The van der Waals surface area contributed by atoms with Crippen LogP contribution in [0.4, 0.5) is 0 Å². The van der Waals surface area contributed by atoms with E-state index in [1.165, 1.54) is 11.1 Å². The molecule has 170 valence electrons. The molecule has 1 saturated heterocycles. The van der Waals surface area contributed by atoms with Gasteiger partial charge in [-0.1, -0.05) is 0 Å². The highest BCUT2D eigenvalue weighted by molar-refractivity contribution is 7.90. The topological polar surface area (TPSA) is 89.6 Å². The van der Waals surface area contributed by atoms with Crippen molar-refractivity contribution in [2.45, 2.75) is 89.2 Å². The molecule has 3 rings (SSSR count). The molecular weight excluding hydrogens is 402 g/mol. The average molecular weight is 440 g/mol. The molecule has 2 atom stereocenters. The van der Waals surface area contributed by atoms with E-state index in [0.717, 1.165) is 44.5 Å². The summed E-state index contributed by atoms with van der Waals surface area (Å²) in [5.41, 5.74) is 2.49. The zero-order valence-corrected chi connectivity index (χ0v) is 19.5. The highest BCUT2D eigenvalue weighted by Crippen LogP contribution is 2.39. The van der Waals surface area contributed by atoms with E-state index < -0.39 is 15.3 Å². The van der Waals surface area contributed by atoms with E-state index >= 15 is 0 Å². The molecule has 1 aromatic heterocycles. The lowest BCUT2D eigenvalue weighted by Gasteiger charge is -2.31. The first-order chi connectivity index (χ1) is 14.3. The summed E-state index contributed by atoms with van der Waals surface area (Å²) in [5, 5.41) is 2.97. The Bertz CT molecular complexity index is 792. The predicted molar refractivity (Wildman–Crippen MR) is 118 cm³/mol. The van der Waals surface area contributed by atoms with Crippen LogP contribution in [0.25, 0.3) is 0 Å². The van der Waals surface area contributed by atoms with Gasteiger partial charge in [-0.2, -0.15) is 0 Å². The third-order valence-electron chi connectivity index (χ3n) is 6.33. The predicted octanol–water partition coefficient (Wildman–Crippen LogP) is 2.89. The number of sulfonamides is 1. The number of nitrogens with one attached hydrogen (secondary N) is 2. The molecule has 7 nitrogen and oxygen atoms in total. The van der Waals surface area contributed by atoms with Crippen molar-refractivity contribution in [2.75, 3.05) is 19.8 Å².